The van der Waals surface area contributed by atoms with Gasteiger partial charge in [-0.3, -0.25) is 0 Å². The fourth-order valence-electron chi connectivity index (χ4n) is 2.43. The first-order valence-corrected chi connectivity index (χ1v) is 6.46. The molecule has 0 saturated carbocycles. The number of hydrogen-bond acceptors (Lipinski definition) is 2. The quantitative estimate of drug-likeness (QED) is 0.661. The first-order chi connectivity index (χ1) is 9.70. The summed E-state index contributed by atoms with van der Waals surface area (Å²) in [6, 6.07) is 15.8. The molecule has 0 spiro atoms. The zero-order chi connectivity index (χ0) is 14.1. The lowest BCUT2D eigenvalue weighted by atomic mass is 10.1. The Morgan fingerprint density at radius 1 is 1.10 bits per heavy atom. The van der Waals surface area contributed by atoms with Crippen molar-refractivity contribution in [1.82, 2.24) is 4.57 Å². The van der Waals surface area contributed by atoms with E-state index in [9.17, 15) is 4.79 Å². The number of rotatable bonds is 2. The van der Waals surface area contributed by atoms with Crippen molar-refractivity contribution in [3.63, 3.8) is 0 Å². The summed E-state index contributed by atoms with van der Waals surface area (Å²) in [5, 5.41) is 1.02. The average Bonchev–Trinajstić information content (AvgIpc) is 2.90. The number of para-hydroxylation sites is 1. The first-order valence-electron chi connectivity index (χ1n) is 6.46. The molecule has 2 aromatic carbocycles. The number of aromatic nitrogens is 1. The van der Waals surface area contributed by atoms with E-state index < -0.39 is 0 Å². The van der Waals surface area contributed by atoms with Gasteiger partial charge in [-0.2, -0.15) is 0 Å². The molecule has 3 aromatic rings. The third-order valence-electron chi connectivity index (χ3n) is 3.49. The van der Waals surface area contributed by atoms with Crippen molar-refractivity contribution < 1.29 is 9.53 Å². The second-order valence-corrected chi connectivity index (χ2v) is 4.74. The van der Waals surface area contributed by atoms with E-state index in [1.54, 1.807) is 6.07 Å². The van der Waals surface area contributed by atoms with Crippen LogP contribution in [0.3, 0.4) is 0 Å². The third-order valence-corrected chi connectivity index (χ3v) is 3.49. The van der Waals surface area contributed by atoms with E-state index in [-0.39, 0.29) is 5.97 Å². The van der Waals surface area contributed by atoms with Crippen LogP contribution in [0.15, 0.2) is 54.7 Å². The van der Waals surface area contributed by atoms with Crippen LogP contribution in [-0.4, -0.2) is 17.6 Å². The number of nitrogens with zero attached hydrogens (tertiary/aromatic N) is 1. The van der Waals surface area contributed by atoms with E-state index in [4.69, 9.17) is 4.74 Å². The zero-order valence-electron chi connectivity index (χ0n) is 11.5. The molecule has 0 atom stereocenters. The predicted molar refractivity (Wildman–Crippen MR) is 79.4 cm³/mol. The minimum atomic E-state index is -0.310. The second-order valence-electron chi connectivity index (χ2n) is 4.74. The highest BCUT2D eigenvalue weighted by molar-refractivity contribution is 5.95. The van der Waals surface area contributed by atoms with Crippen LogP contribution in [0.5, 0.6) is 0 Å². The fraction of sp³-hybridized carbons (Fsp3) is 0.118. The summed E-state index contributed by atoms with van der Waals surface area (Å²) in [6.07, 6.45) is 2.02. The van der Waals surface area contributed by atoms with Gasteiger partial charge in [-0.15, -0.1) is 0 Å². The number of carbonyl (C=O) groups excluding carboxylic acids is 1. The number of esters is 1. The minimum absolute atomic E-state index is 0.310. The lowest BCUT2D eigenvalue weighted by Crippen LogP contribution is -2.01. The Bertz CT molecular complexity index is 787. The molecule has 0 unspecified atom stereocenters. The molecule has 0 amide bonds. The van der Waals surface area contributed by atoms with Gasteiger partial charge in [0.05, 0.1) is 18.2 Å². The van der Waals surface area contributed by atoms with Gasteiger partial charge in [-0.1, -0.05) is 18.2 Å². The minimum Gasteiger partial charge on any atom is -0.465 e. The molecule has 100 valence electrons. The topological polar surface area (TPSA) is 31.2 Å². The van der Waals surface area contributed by atoms with Gasteiger partial charge >= 0.3 is 5.97 Å². The van der Waals surface area contributed by atoms with Crippen molar-refractivity contribution in [2.75, 3.05) is 7.11 Å². The van der Waals surface area contributed by atoms with Crippen LogP contribution in [0.2, 0.25) is 0 Å². The van der Waals surface area contributed by atoms with Crippen LogP contribution in [-0.2, 0) is 4.74 Å². The molecule has 0 aliphatic heterocycles. The maximum Gasteiger partial charge on any atom is 0.337 e. The van der Waals surface area contributed by atoms with Gasteiger partial charge in [0.25, 0.3) is 0 Å². The molecule has 0 bridgehead atoms. The van der Waals surface area contributed by atoms with E-state index in [1.807, 2.05) is 36.5 Å². The number of fused-ring (bicyclic) bond motifs is 1. The summed E-state index contributed by atoms with van der Waals surface area (Å²) in [5.74, 6) is -0.310. The Balaban J connectivity index is 2.16. The molecule has 20 heavy (non-hydrogen) atoms. The Labute approximate surface area is 117 Å². The molecular formula is C17H15NO2. The SMILES string of the molecule is COC(=O)c1ccc2c(ccn2-c2ccccc2C)c1. The van der Waals surface area contributed by atoms with E-state index in [0.29, 0.717) is 5.56 Å². The van der Waals surface area contributed by atoms with Crippen LogP contribution in [0.4, 0.5) is 0 Å². The largest absolute Gasteiger partial charge is 0.465 e. The highest BCUT2D eigenvalue weighted by Crippen LogP contribution is 2.23. The van der Waals surface area contributed by atoms with Crippen molar-refractivity contribution in [2.45, 2.75) is 6.92 Å². The summed E-state index contributed by atoms with van der Waals surface area (Å²) in [5.41, 5.74) is 4.00. The molecule has 1 heterocycles. The van der Waals surface area contributed by atoms with Gasteiger partial charge in [-0.05, 0) is 42.8 Å². The van der Waals surface area contributed by atoms with Crippen LogP contribution in [0, 0.1) is 6.92 Å². The Morgan fingerprint density at radius 2 is 1.90 bits per heavy atom. The monoisotopic (exact) mass is 265 g/mol. The van der Waals surface area contributed by atoms with Gasteiger partial charge < -0.3 is 9.30 Å². The number of methoxy groups -OCH3 is 1. The smallest absolute Gasteiger partial charge is 0.337 e. The van der Waals surface area contributed by atoms with Crippen LogP contribution in [0.1, 0.15) is 15.9 Å². The van der Waals surface area contributed by atoms with Gasteiger partial charge in [0, 0.05) is 17.3 Å². The number of hydrogen-bond donors (Lipinski definition) is 0. The van der Waals surface area contributed by atoms with E-state index in [2.05, 4.69) is 23.6 Å². The predicted octanol–water partition coefficient (Wildman–Crippen LogP) is 3.73. The van der Waals surface area contributed by atoms with Crippen LogP contribution >= 0.6 is 0 Å². The Hall–Kier alpha value is -2.55. The summed E-state index contributed by atoms with van der Waals surface area (Å²) >= 11 is 0. The van der Waals surface area contributed by atoms with E-state index >= 15 is 0 Å². The third kappa shape index (κ3) is 1.97. The standard InChI is InChI=1S/C17H15NO2/c1-12-5-3-4-6-15(12)18-10-9-13-11-14(17(19)20-2)7-8-16(13)18/h3-11H,1-2H3. The molecule has 0 N–H and O–H groups in total. The molecular weight excluding hydrogens is 250 g/mol. The molecule has 3 nitrogen and oxygen atoms in total. The van der Waals surface area contributed by atoms with Gasteiger partial charge in [0.2, 0.25) is 0 Å². The number of carbonyl (C=O) groups is 1. The lowest BCUT2D eigenvalue weighted by Gasteiger charge is -2.09. The lowest BCUT2D eigenvalue weighted by molar-refractivity contribution is 0.0601. The highest BCUT2D eigenvalue weighted by atomic mass is 16.5. The normalized spacial score (nSPS) is 10.7. The first kappa shape index (κ1) is 12.5. The molecule has 1 aromatic heterocycles. The van der Waals surface area contributed by atoms with Crippen molar-refractivity contribution >= 4 is 16.9 Å². The van der Waals surface area contributed by atoms with Gasteiger partial charge in [0.1, 0.15) is 0 Å². The summed E-state index contributed by atoms with van der Waals surface area (Å²) in [6.45, 7) is 2.09. The fourth-order valence-corrected chi connectivity index (χ4v) is 2.43. The summed E-state index contributed by atoms with van der Waals surface area (Å²) in [7, 11) is 1.39. The van der Waals surface area contributed by atoms with Crippen molar-refractivity contribution in [1.29, 1.82) is 0 Å². The average molecular weight is 265 g/mol. The maximum absolute atomic E-state index is 11.6. The molecule has 0 radical (unpaired) electrons. The molecule has 3 heteroatoms. The van der Waals surface area contributed by atoms with Crippen molar-refractivity contribution in [3.05, 3.63) is 65.9 Å². The van der Waals surface area contributed by atoms with Crippen LogP contribution in [0.25, 0.3) is 16.6 Å². The summed E-state index contributed by atoms with van der Waals surface area (Å²) < 4.78 is 6.88. The molecule has 0 aliphatic carbocycles. The maximum atomic E-state index is 11.6. The summed E-state index contributed by atoms with van der Waals surface area (Å²) in [4.78, 5) is 11.6. The molecule has 0 fully saturated rings. The zero-order valence-corrected chi connectivity index (χ0v) is 11.5. The molecule has 3 rings (SSSR count). The molecule has 0 saturated heterocycles. The van der Waals surface area contributed by atoms with Gasteiger partial charge in [0.15, 0.2) is 0 Å². The van der Waals surface area contributed by atoms with Gasteiger partial charge in [-0.25, -0.2) is 4.79 Å². The number of aryl methyl sites for hydroxylation is 1. The number of benzene rings is 2. The van der Waals surface area contributed by atoms with E-state index in [0.717, 1.165) is 16.6 Å². The Morgan fingerprint density at radius 3 is 2.65 bits per heavy atom. The number of ether oxygens (including phenoxy) is 1. The van der Waals surface area contributed by atoms with Crippen molar-refractivity contribution in [2.24, 2.45) is 0 Å². The van der Waals surface area contributed by atoms with Crippen LogP contribution < -0.4 is 0 Å². The van der Waals surface area contributed by atoms with Crippen molar-refractivity contribution in [3.8, 4) is 5.69 Å². The molecule has 0 aliphatic rings. The van der Waals surface area contributed by atoms with E-state index in [1.165, 1.54) is 12.7 Å². The second kappa shape index (κ2) is 4.85. The highest BCUT2D eigenvalue weighted by Gasteiger charge is 2.09. The Kier molecular flexibility index (Phi) is 3.03.